The van der Waals surface area contributed by atoms with E-state index in [9.17, 15) is 13.2 Å². The fourth-order valence-corrected chi connectivity index (χ4v) is 5.13. The molecule has 4 rings (SSSR count). The van der Waals surface area contributed by atoms with Crippen molar-refractivity contribution in [2.45, 2.75) is 11.3 Å². The number of ether oxygens (including phenoxy) is 1. The number of thiazole rings is 1. The van der Waals surface area contributed by atoms with E-state index in [0.29, 0.717) is 42.8 Å². The van der Waals surface area contributed by atoms with E-state index in [-0.39, 0.29) is 17.1 Å². The first-order valence-electron chi connectivity index (χ1n) is 8.73. The molecule has 1 saturated heterocycles. The van der Waals surface area contributed by atoms with E-state index in [4.69, 9.17) is 9.15 Å². The summed E-state index contributed by atoms with van der Waals surface area (Å²) in [5, 5.41) is 2.54. The Hall–Kier alpha value is -2.33. The predicted molar refractivity (Wildman–Crippen MR) is 104 cm³/mol. The summed E-state index contributed by atoms with van der Waals surface area (Å²) in [5.41, 5.74) is 1.51. The molecule has 1 fully saturated rings. The Morgan fingerprint density at radius 2 is 1.89 bits per heavy atom. The molecule has 0 spiro atoms. The predicted octanol–water partition coefficient (Wildman–Crippen LogP) is 2.85. The molecule has 1 aliphatic rings. The van der Waals surface area contributed by atoms with Gasteiger partial charge in [0.2, 0.25) is 15.8 Å². The minimum absolute atomic E-state index is 0.127. The fourth-order valence-electron chi connectivity index (χ4n) is 2.92. The van der Waals surface area contributed by atoms with Crippen LogP contribution in [0.25, 0.3) is 11.3 Å². The van der Waals surface area contributed by atoms with Gasteiger partial charge in [0.25, 0.3) is 0 Å². The maximum Gasteiger partial charge on any atom is 0.243 e. The smallest absolute Gasteiger partial charge is 0.243 e. The number of nitrogens with zero attached hydrogens (tertiary/aromatic N) is 2. The number of furan rings is 1. The third-order valence-corrected chi connectivity index (χ3v) is 7.18. The van der Waals surface area contributed by atoms with E-state index in [1.165, 1.54) is 21.9 Å². The number of aromatic nitrogens is 1. The molecule has 0 aliphatic carbocycles. The van der Waals surface area contributed by atoms with Gasteiger partial charge in [-0.15, -0.1) is 11.3 Å². The third-order valence-electron chi connectivity index (χ3n) is 4.42. The topological polar surface area (TPSA) is 89.7 Å². The number of carbonyl (C=O) groups excluding carboxylic acids is 1. The van der Waals surface area contributed by atoms with Crippen LogP contribution in [0.2, 0.25) is 0 Å². The SMILES string of the molecule is O=C(Cc1nc(-c2ccc(S(=O)(=O)N3CCOCC3)cc2)cs1)c1ccco1. The maximum atomic E-state index is 12.7. The van der Waals surface area contributed by atoms with Crippen molar-refractivity contribution >= 4 is 27.1 Å². The second-order valence-electron chi connectivity index (χ2n) is 6.24. The molecule has 9 heteroatoms. The van der Waals surface area contributed by atoms with Crippen LogP contribution in [0.4, 0.5) is 0 Å². The number of Topliss-reactive ketones (excluding diaryl/α,β-unsaturated/α-hetero) is 1. The number of hydrogen-bond donors (Lipinski definition) is 0. The second kappa shape index (κ2) is 7.96. The van der Waals surface area contributed by atoms with E-state index < -0.39 is 10.0 Å². The number of carbonyl (C=O) groups is 1. The molecule has 0 bridgehead atoms. The van der Waals surface area contributed by atoms with Crippen LogP contribution < -0.4 is 0 Å². The van der Waals surface area contributed by atoms with E-state index in [2.05, 4.69) is 4.98 Å². The zero-order chi connectivity index (χ0) is 19.6. The van der Waals surface area contributed by atoms with Gasteiger partial charge in [0.1, 0.15) is 5.01 Å². The lowest BCUT2D eigenvalue weighted by Crippen LogP contribution is -2.40. The summed E-state index contributed by atoms with van der Waals surface area (Å²) < 4.78 is 37.1. The van der Waals surface area contributed by atoms with E-state index >= 15 is 0 Å². The third kappa shape index (κ3) is 3.93. The summed E-state index contributed by atoms with van der Waals surface area (Å²) in [6, 6.07) is 9.96. The molecule has 0 radical (unpaired) electrons. The zero-order valence-electron chi connectivity index (χ0n) is 14.9. The maximum absolute atomic E-state index is 12.7. The van der Waals surface area contributed by atoms with Crippen LogP contribution in [-0.4, -0.2) is 49.8 Å². The van der Waals surface area contributed by atoms with Crippen LogP contribution in [0, 0.1) is 0 Å². The van der Waals surface area contributed by atoms with Gasteiger partial charge in [0.15, 0.2) is 5.76 Å². The first kappa shape index (κ1) is 19.0. The molecule has 0 atom stereocenters. The molecule has 0 amide bonds. The monoisotopic (exact) mass is 418 g/mol. The van der Waals surface area contributed by atoms with Gasteiger partial charge >= 0.3 is 0 Å². The number of hydrogen-bond acceptors (Lipinski definition) is 7. The van der Waals surface area contributed by atoms with Gasteiger partial charge in [0, 0.05) is 24.0 Å². The lowest BCUT2D eigenvalue weighted by atomic mass is 10.2. The molecule has 0 N–H and O–H groups in total. The summed E-state index contributed by atoms with van der Waals surface area (Å²) in [7, 11) is -3.52. The zero-order valence-corrected chi connectivity index (χ0v) is 16.5. The average molecular weight is 418 g/mol. The Bertz CT molecular complexity index is 1050. The van der Waals surface area contributed by atoms with Crippen LogP contribution in [0.5, 0.6) is 0 Å². The minimum Gasteiger partial charge on any atom is -0.461 e. The minimum atomic E-state index is -3.52. The van der Waals surface area contributed by atoms with Crippen LogP contribution in [0.3, 0.4) is 0 Å². The first-order chi connectivity index (χ1) is 13.5. The molecule has 28 heavy (non-hydrogen) atoms. The first-order valence-corrected chi connectivity index (χ1v) is 11.1. The van der Waals surface area contributed by atoms with Crippen molar-refractivity contribution < 1.29 is 22.4 Å². The Morgan fingerprint density at radius 1 is 1.14 bits per heavy atom. The number of benzene rings is 1. The Kier molecular flexibility index (Phi) is 5.40. The van der Waals surface area contributed by atoms with Gasteiger partial charge < -0.3 is 9.15 Å². The van der Waals surface area contributed by atoms with Gasteiger partial charge in [-0.25, -0.2) is 13.4 Å². The van der Waals surface area contributed by atoms with Crippen molar-refractivity contribution in [2.24, 2.45) is 0 Å². The molecule has 1 aromatic carbocycles. The molecule has 3 aromatic rings. The van der Waals surface area contributed by atoms with Crippen molar-refractivity contribution in [3.63, 3.8) is 0 Å². The van der Waals surface area contributed by atoms with E-state index in [0.717, 1.165) is 5.56 Å². The standard InChI is InChI=1S/C19H18N2O5S2/c22-17(18-2-1-9-26-18)12-19-20-16(13-27-19)14-3-5-15(6-4-14)28(23,24)21-7-10-25-11-8-21/h1-6,9,13H,7-8,10-12H2. The summed E-state index contributed by atoms with van der Waals surface area (Å²) in [4.78, 5) is 16.9. The fraction of sp³-hybridized carbons (Fsp3) is 0.263. The lowest BCUT2D eigenvalue weighted by Gasteiger charge is -2.26. The van der Waals surface area contributed by atoms with Gasteiger partial charge in [-0.1, -0.05) is 12.1 Å². The van der Waals surface area contributed by atoms with Crippen LogP contribution in [0.1, 0.15) is 15.6 Å². The molecule has 3 heterocycles. The summed E-state index contributed by atoms with van der Waals surface area (Å²) in [5.74, 6) is 0.187. The highest BCUT2D eigenvalue weighted by Gasteiger charge is 2.26. The van der Waals surface area contributed by atoms with Crippen LogP contribution >= 0.6 is 11.3 Å². The number of rotatable bonds is 6. The van der Waals surface area contributed by atoms with Crippen LogP contribution in [0.15, 0.2) is 57.4 Å². The van der Waals surface area contributed by atoms with E-state index in [1.807, 2.05) is 5.38 Å². The quantitative estimate of drug-likeness (QED) is 0.572. The molecule has 2 aromatic heterocycles. The molecule has 1 aliphatic heterocycles. The van der Waals surface area contributed by atoms with Gasteiger partial charge in [-0.3, -0.25) is 4.79 Å². The van der Waals surface area contributed by atoms with Gasteiger partial charge in [-0.2, -0.15) is 4.31 Å². The second-order valence-corrected chi connectivity index (χ2v) is 9.13. The number of morpholine rings is 1. The molecule has 146 valence electrons. The van der Waals surface area contributed by atoms with Crippen LogP contribution in [-0.2, 0) is 21.2 Å². The molecule has 0 saturated carbocycles. The average Bonchev–Trinajstić information content (AvgIpc) is 3.41. The molecule has 7 nitrogen and oxygen atoms in total. The Labute approximate surface area is 166 Å². The van der Waals surface area contributed by atoms with Crippen molar-refractivity contribution in [3.05, 3.63) is 58.8 Å². The number of ketones is 1. The van der Waals surface area contributed by atoms with Gasteiger partial charge in [-0.05, 0) is 24.3 Å². The summed E-state index contributed by atoms with van der Waals surface area (Å²) in [6.07, 6.45) is 1.63. The normalized spacial score (nSPS) is 15.6. The van der Waals surface area contributed by atoms with Crippen molar-refractivity contribution in [2.75, 3.05) is 26.3 Å². The highest BCUT2D eigenvalue weighted by molar-refractivity contribution is 7.89. The summed E-state index contributed by atoms with van der Waals surface area (Å²) >= 11 is 1.39. The van der Waals surface area contributed by atoms with Crippen molar-refractivity contribution in [3.8, 4) is 11.3 Å². The van der Waals surface area contributed by atoms with Crippen molar-refractivity contribution in [1.82, 2.24) is 9.29 Å². The highest BCUT2D eigenvalue weighted by atomic mass is 32.2. The summed E-state index contributed by atoms with van der Waals surface area (Å²) in [6.45, 7) is 1.55. The largest absolute Gasteiger partial charge is 0.461 e. The van der Waals surface area contributed by atoms with Crippen molar-refractivity contribution in [1.29, 1.82) is 0 Å². The highest BCUT2D eigenvalue weighted by Crippen LogP contribution is 2.25. The Balaban J connectivity index is 1.48. The van der Waals surface area contributed by atoms with E-state index in [1.54, 1.807) is 36.4 Å². The molecular formula is C19H18N2O5S2. The molecular weight excluding hydrogens is 400 g/mol. The lowest BCUT2D eigenvalue weighted by molar-refractivity contribution is 0.0730. The number of sulfonamides is 1. The van der Waals surface area contributed by atoms with Gasteiger partial charge in [0.05, 0.1) is 36.5 Å². The Morgan fingerprint density at radius 3 is 2.57 bits per heavy atom. The molecule has 0 unspecified atom stereocenters.